The van der Waals surface area contributed by atoms with E-state index < -0.39 is 0 Å². The predicted octanol–water partition coefficient (Wildman–Crippen LogP) is 4.18. The number of anilines is 1. The summed E-state index contributed by atoms with van der Waals surface area (Å²) in [6.07, 6.45) is 6.27. The summed E-state index contributed by atoms with van der Waals surface area (Å²) in [5, 5.41) is 3.53. The van der Waals surface area contributed by atoms with Gasteiger partial charge in [-0.15, -0.1) is 18.3 Å². The average molecular weight is 221 g/mol. The molecule has 2 heteroatoms. The maximum absolute atomic E-state index is 3.74. The summed E-state index contributed by atoms with van der Waals surface area (Å²) in [5.74, 6) is 0. The van der Waals surface area contributed by atoms with Gasteiger partial charge in [0.25, 0.3) is 0 Å². The summed E-state index contributed by atoms with van der Waals surface area (Å²) in [6.45, 7) is 5.95. The van der Waals surface area contributed by atoms with Gasteiger partial charge in [-0.3, -0.25) is 0 Å². The molecule has 0 saturated carbocycles. The Kier molecular flexibility index (Phi) is 5.33. The van der Waals surface area contributed by atoms with Gasteiger partial charge in [-0.25, -0.2) is 0 Å². The maximum atomic E-state index is 3.74. The van der Waals surface area contributed by atoms with E-state index in [-0.39, 0.29) is 0 Å². The molecule has 0 heterocycles. The number of para-hydroxylation sites is 1. The third-order valence-corrected chi connectivity index (χ3v) is 3.11. The number of thioether (sulfide) groups is 1. The molecule has 1 aromatic carbocycles. The number of benzene rings is 1. The van der Waals surface area contributed by atoms with Gasteiger partial charge in [-0.1, -0.05) is 18.2 Å². The molecule has 1 atom stereocenters. The van der Waals surface area contributed by atoms with Crippen molar-refractivity contribution in [3.05, 3.63) is 36.9 Å². The van der Waals surface area contributed by atoms with Crippen molar-refractivity contribution in [3.63, 3.8) is 0 Å². The van der Waals surface area contributed by atoms with Crippen molar-refractivity contribution in [1.82, 2.24) is 0 Å². The van der Waals surface area contributed by atoms with Gasteiger partial charge >= 0.3 is 0 Å². The van der Waals surface area contributed by atoms with Gasteiger partial charge in [-0.2, -0.15) is 0 Å². The topological polar surface area (TPSA) is 12.0 Å². The van der Waals surface area contributed by atoms with E-state index in [1.807, 2.05) is 6.08 Å². The van der Waals surface area contributed by atoms with Crippen LogP contribution in [0.1, 0.15) is 19.8 Å². The Balaban J connectivity index is 2.58. The van der Waals surface area contributed by atoms with Crippen LogP contribution in [-0.4, -0.2) is 12.3 Å². The Morgan fingerprint density at radius 3 is 2.87 bits per heavy atom. The molecule has 0 aromatic heterocycles. The zero-order valence-corrected chi connectivity index (χ0v) is 10.3. The molecule has 82 valence electrons. The fourth-order valence-corrected chi connectivity index (χ4v) is 2.03. The zero-order valence-electron chi connectivity index (χ0n) is 9.49. The molecule has 1 rings (SSSR count). The van der Waals surface area contributed by atoms with Crippen molar-refractivity contribution in [2.45, 2.75) is 30.7 Å². The number of rotatable bonds is 6. The molecule has 0 aliphatic carbocycles. The first-order chi connectivity index (χ1) is 7.27. The van der Waals surface area contributed by atoms with Crippen molar-refractivity contribution in [1.29, 1.82) is 0 Å². The van der Waals surface area contributed by atoms with Crippen LogP contribution in [0.15, 0.2) is 41.8 Å². The first-order valence-corrected chi connectivity index (χ1v) is 6.51. The Hall–Kier alpha value is -0.890. The minimum atomic E-state index is 0.497. The highest BCUT2D eigenvalue weighted by Crippen LogP contribution is 2.25. The van der Waals surface area contributed by atoms with Crippen LogP contribution in [0.25, 0.3) is 0 Å². The SMILES string of the molecule is C=CCC[C@@H](C)Nc1ccccc1SC. The summed E-state index contributed by atoms with van der Waals surface area (Å²) >= 11 is 1.78. The molecule has 1 aromatic rings. The van der Waals surface area contributed by atoms with E-state index in [4.69, 9.17) is 0 Å². The summed E-state index contributed by atoms with van der Waals surface area (Å²) in [6, 6.07) is 8.92. The summed E-state index contributed by atoms with van der Waals surface area (Å²) in [7, 11) is 0. The van der Waals surface area contributed by atoms with Crippen molar-refractivity contribution in [2.75, 3.05) is 11.6 Å². The van der Waals surface area contributed by atoms with Gasteiger partial charge in [0, 0.05) is 16.6 Å². The van der Waals surface area contributed by atoms with E-state index in [9.17, 15) is 0 Å². The monoisotopic (exact) mass is 221 g/mol. The molecule has 0 bridgehead atoms. The Bertz CT molecular complexity index is 309. The molecule has 0 amide bonds. The number of hydrogen-bond acceptors (Lipinski definition) is 2. The van der Waals surface area contributed by atoms with Gasteiger partial charge in [-0.05, 0) is 38.2 Å². The first-order valence-electron chi connectivity index (χ1n) is 5.28. The van der Waals surface area contributed by atoms with Crippen molar-refractivity contribution in [2.24, 2.45) is 0 Å². The fourth-order valence-electron chi connectivity index (χ4n) is 1.47. The molecule has 0 unspecified atom stereocenters. The molecule has 1 N–H and O–H groups in total. The predicted molar refractivity (Wildman–Crippen MR) is 70.7 cm³/mol. The highest BCUT2D eigenvalue weighted by atomic mass is 32.2. The summed E-state index contributed by atoms with van der Waals surface area (Å²) in [4.78, 5) is 1.31. The lowest BCUT2D eigenvalue weighted by atomic mass is 10.1. The first kappa shape index (κ1) is 12.2. The molecule has 0 saturated heterocycles. The summed E-state index contributed by atoms with van der Waals surface area (Å²) in [5.41, 5.74) is 1.24. The molecule has 0 radical (unpaired) electrons. The molecular formula is C13H19NS. The Morgan fingerprint density at radius 2 is 2.20 bits per heavy atom. The van der Waals surface area contributed by atoms with Gasteiger partial charge in [0.1, 0.15) is 0 Å². The van der Waals surface area contributed by atoms with E-state index in [1.165, 1.54) is 10.6 Å². The van der Waals surface area contributed by atoms with Crippen LogP contribution in [0.4, 0.5) is 5.69 Å². The van der Waals surface area contributed by atoms with Crippen LogP contribution >= 0.6 is 11.8 Å². The van der Waals surface area contributed by atoms with Crippen LogP contribution < -0.4 is 5.32 Å². The molecule has 0 aliphatic heterocycles. The number of allylic oxidation sites excluding steroid dienone is 1. The van der Waals surface area contributed by atoms with Crippen molar-refractivity contribution < 1.29 is 0 Å². The van der Waals surface area contributed by atoms with E-state index in [0.29, 0.717) is 6.04 Å². The summed E-state index contributed by atoms with van der Waals surface area (Å²) < 4.78 is 0. The third-order valence-electron chi connectivity index (χ3n) is 2.31. The van der Waals surface area contributed by atoms with Crippen LogP contribution in [-0.2, 0) is 0 Å². The largest absolute Gasteiger partial charge is 0.382 e. The van der Waals surface area contributed by atoms with E-state index >= 15 is 0 Å². The smallest absolute Gasteiger partial charge is 0.0480 e. The van der Waals surface area contributed by atoms with Gasteiger partial charge in [0.05, 0.1) is 0 Å². The van der Waals surface area contributed by atoms with Crippen LogP contribution in [0.3, 0.4) is 0 Å². The molecule has 1 nitrogen and oxygen atoms in total. The molecule has 0 aliphatic rings. The normalized spacial score (nSPS) is 12.1. The zero-order chi connectivity index (χ0) is 11.1. The van der Waals surface area contributed by atoms with Gasteiger partial charge < -0.3 is 5.32 Å². The average Bonchev–Trinajstić information content (AvgIpc) is 2.27. The van der Waals surface area contributed by atoms with Crippen molar-refractivity contribution >= 4 is 17.4 Å². The van der Waals surface area contributed by atoms with Gasteiger partial charge in [0.2, 0.25) is 0 Å². The van der Waals surface area contributed by atoms with Crippen LogP contribution in [0.2, 0.25) is 0 Å². The second-order valence-corrected chi connectivity index (χ2v) is 4.46. The van der Waals surface area contributed by atoms with Gasteiger partial charge in [0.15, 0.2) is 0 Å². The lowest BCUT2D eigenvalue weighted by molar-refractivity contribution is 0.717. The highest BCUT2D eigenvalue weighted by Gasteiger charge is 2.04. The molecule has 0 fully saturated rings. The Morgan fingerprint density at radius 1 is 1.47 bits per heavy atom. The van der Waals surface area contributed by atoms with Crippen molar-refractivity contribution in [3.8, 4) is 0 Å². The number of hydrogen-bond donors (Lipinski definition) is 1. The molecular weight excluding hydrogens is 202 g/mol. The number of nitrogens with one attached hydrogen (secondary N) is 1. The quantitative estimate of drug-likeness (QED) is 0.571. The maximum Gasteiger partial charge on any atom is 0.0480 e. The van der Waals surface area contributed by atoms with E-state index in [0.717, 1.165) is 12.8 Å². The van der Waals surface area contributed by atoms with E-state index in [2.05, 4.69) is 49.3 Å². The standard InChI is InChI=1S/C13H19NS/c1-4-5-8-11(2)14-12-9-6-7-10-13(12)15-3/h4,6-7,9-11,14H,1,5,8H2,2-3H3/t11-/m1/s1. The minimum Gasteiger partial charge on any atom is -0.382 e. The van der Waals surface area contributed by atoms with Crippen LogP contribution in [0, 0.1) is 0 Å². The fraction of sp³-hybridized carbons (Fsp3) is 0.385. The minimum absolute atomic E-state index is 0.497. The second kappa shape index (κ2) is 6.57. The molecule has 15 heavy (non-hydrogen) atoms. The lowest BCUT2D eigenvalue weighted by Crippen LogP contribution is -2.14. The molecule has 0 spiro atoms. The van der Waals surface area contributed by atoms with Crippen LogP contribution in [0.5, 0.6) is 0 Å². The Labute approximate surface area is 97.0 Å². The van der Waals surface area contributed by atoms with E-state index in [1.54, 1.807) is 11.8 Å². The highest BCUT2D eigenvalue weighted by molar-refractivity contribution is 7.98. The third kappa shape index (κ3) is 4.00. The second-order valence-electron chi connectivity index (χ2n) is 3.61. The lowest BCUT2D eigenvalue weighted by Gasteiger charge is -2.16.